The summed E-state index contributed by atoms with van der Waals surface area (Å²) in [5, 5.41) is 11.6. The van der Waals surface area contributed by atoms with Gasteiger partial charge in [0.25, 0.3) is 0 Å². The topological polar surface area (TPSA) is 75.6 Å². The molecular weight excluding hydrogens is 234 g/mol. The highest BCUT2D eigenvalue weighted by Crippen LogP contribution is 2.25. The van der Waals surface area contributed by atoms with E-state index in [1.165, 1.54) is 25.3 Å². The summed E-state index contributed by atoms with van der Waals surface area (Å²) in [6.07, 6.45) is 0.375. The van der Waals surface area contributed by atoms with Crippen molar-refractivity contribution in [3.05, 3.63) is 23.8 Å². The average Bonchev–Trinajstić information content (AvgIpc) is 2.27. The summed E-state index contributed by atoms with van der Waals surface area (Å²) in [6, 6.07) is 4.34. The summed E-state index contributed by atoms with van der Waals surface area (Å²) in [7, 11) is 1.47. The van der Waals surface area contributed by atoms with Crippen molar-refractivity contribution in [3.63, 3.8) is 0 Å². The third kappa shape index (κ3) is 3.76. The van der Waals surface area contributed by atoms with Crippen LogP contribution in [0.3, 0.4) is 0 Å². The fourth-order valence-electron chi connectivity index (χ4n) is 1.51. The molecule has 0 aliphatic heterocycles. The third-order valence-corrected chi connectivity index (χ3v) is 2.31. The van der Waals surface area contributed by atoms with E-state index in [0.29, 0.717) is 17.9 Å². The summed E-state index contributed by atoms with van der Waals surface area (Å²) in [5.41, 5.74) is 0.485. The highest BCUT2D eigenvalue weighted by Gasteiger charge is 2.12. The van der Waals surface area contributed by atoms with Gasteiger partial charge in [0.15, 0.2) is 0 Å². The maximum atomic E-state index is 11.7. The number of rotatable bonds is 5. The van der Waals surface area contributed by atoms with E-state index in [0.717, 1.165) is 0 Å². The first kappa shape index (κ1) is 14.0. The van der Waals surface area contributed by atoms with Crippen LogP contribution in [0.4, 0.5) is 5.69 Å². The Kier molecular flexibility index (Phi) is 4.71. The van der Waals surface area contributed by atoms with Crippen molar-refractivity contribution in [1.29, 1.82) is 0 Å². The van der Waals surface area contributed by atoms with Gasteiger partial charge in [-0.05, 0) is 24.1 Å². The van der Waals surface area contributed by atoms with Crippen LogP contribution in [0.15, 0.2) is 18.2 Å². The van der Waals surface area contributed by atoms with Gasteiger partial charge < -0.3 is 15.2 Å². The van der Waals surface area contributed by atoms with Crippen LogP contribution in [0.25, 0.3) is 0 Å². The number of nitrogens with one attached hydrogen (secondary N) is 1. The second kappa shape index (κ2) is 6.05. The molecule has 2 N–H and O–H groups in total. The number of methoxy groups -OCH3 is 1. The number of anilines is 1. The second-order valence-electron chi connectivity index (χ2n) is 4.37. The number of aromatic carboxylic acids is 1. The number of carbonyl (C=O) groups excluding carboxylic acids is 1. The van der Waals surface area contributed by atoms with Crippen LogP contribution in [-0.4, -0.2) is 24.1 Å². The van der Waals surface area contributed by atoms with E-state index < -0.39 is 5.97 Å². The molecule has 0 aliphatic rings. The van der Waals surface area contributed by atoms with E-state index in [1.807, 2.05) is 13.8 Å². The Morgan fingerprint density at radius 2 is 2.06 bits per heavy atom. The van der Waals surface area contributed by atoms with Crippen LogP contribution in [0.1, 0.15) is 30.6 Å². The molecule has 5 heteroatoms. The number of carboxylic acids is 1. The highest BCUT2D eigenvalue weighted by molar-refractivity contribution is 5.95. The lowest BCUT2D eigenvalue weighted by molar-refractivity contribution is -0.116. The number of hydrogen-bond acceptors (Lipinski definition) is 3. The van der Waals surface area contributed by atoms with E-state index in [9.17, 15) is 9.59 Å². The molecule has 0 saturated heterocycles. The zero-order valence-corrected chi connectivity index (χ0v) is 10.7. The molecule has 0 fully saturated rings. The Hall–Kier alpha value is -2.04. The van der Waals surface area contributed by atoms with Crippen molar-refractivity contribution in [3.8, 4) is 5.75 Å². The Morgan fingerprint density at radius 1 is 1.39 bits per heavy atom. The molecule has 0 unspecified atom stereocenters. The second-order valence-corrected chi connectivity index (χ2v) is 4.37. The summed E-state index contributed by atoms with van der Waals surface area (Å²) in [6.45, 7) is 3.87. The van der Waals surface area contributed by atoms with Crippen molar-refractivity contribution in [2.45, 2.75) is 20.3 Å². The Bertz CT molecular complexity index is 454. The summed E-state index contributed by atoms with van der Waals surface area (Å²) in [5.74, 6) is -0.529. The minimum absolute atomic E-state index is 0.107. The van der Waals surface area contributed by atoms with Crippen molar-refractivity contribution in [2.24, 2.45) is 5.92 Å². The first-order valence-electron chi connectivity index (χ1n) is 5.65. The van der Waals surface area contributed by atoms with Gasteiger partial charge in [-0.15, -0.1) is 0 Å². The molecule has 18 heavy (non-hydrogen) atoms. The molecule has 0 aromatic heterocycles. The predicted octanol–water partition coefficient (Wildman–Crippen LogP) is 2.38. The molecule has 0 atom stereocenters. The van der Waals surface area contributed by atoms with Gasteiger partial charge in [-0.2, -0.15) is 0 Å². The highest BCUT2D eigenvalue weighted by atomic mass is 16.5. The summed E-state index contributed by atoms with van der Waals surface area (Å²) >= 11 is 0. The number of carbonyl (C=O) groups is 2. The monoisotopic (exact) mass is 251 g/mol. The van der Waals surface area contributed by atoms with Gasteiger partial charge in [-0.1, -0.05) is 13.8 Å². The van der Waals surface area contributed by atoms with Gasteiger partial charge in [-0.25, -0.2) is 4.79 Å². The molecule has 1 aromatic rings. The lowest BCUT2D eigenvalue weighted by Crippen LogP contribution is -2.15. The standard InChI is InChI=1S/C13H17NO4/c1-8(2)6-12(15)14-10-7-9(13(16)17)4-5-11(10)18-3/h4-5,7-8H,6H2,1-3H3,(H,14,15)(H,16,17). The van der Waals surface area contributed by atoms with E-state index in [4.69, 9.17) is 9.84 Å². The largest absolute Gasteiger partial charge is 0.495 e. The van der Waals surface area contributed by atoms with Crippen LogP contribution < -0.4 is 10.1 Å². The van der Waals surface area contributed by atoms with Crippen molar-refractivity contribution >= 4 is 17.6 Å². The zero-order valence-electron chi connectivity index (χ0n) is 10.7. The molecule has 1 aromatic carbocycles. The SMILES string of the molecule is COc1ccc(C(=O)O)cc1NC(=O)CC(C)C. The molecule has 0 saturated carbocycles. The normalized spacial score (nSPS) is 10.2. The average molecular weight is 251 g/mol. The van der Waals surface area contributed by atoms with E-state index in [1.54, 1.807) is 0 Å². The molecule has 0 bridgehead atoms. The van der Waals surface area contributed by atoms with Gasteiger partial charge in [0.1, 0.15) is 5.75 Å². The van der Waals surface area contributed by atoms with Crippen LogP contribution in [-0.2, 0) is 4.79 Å². The lowest BCUT2D eigenvalue weighted by atomic mass is 10.1. The van der Waals surface area contributed by atoms with Gasteiger partial charge in [0.05, 0.1) is 18.4 Å². The molecule has 1 rings (SSSR count). The predicted molar refractivity (Wildman–Crippen MR) is 68.0 cm³/mol. The van der Waals surface area contributed by atoms with Gasteiger partial charge in [0, 0.05) is 6.42 Å². The quantitative estimate of drug-likeness (QED) is 0.842. The minimum atomic E-state index is -1.04. The molecule has 0 spiro atoms. The molecule has 0 radical (unpaired) electrons. The minimum Gasteiger partial charge on any atom is -0.495 e. The van der Waals surface area contributed by atoms with Crippen LogP contribution >= 0.6 is 0 Å². The molecule has 1 amide bonds. The maximum absolute atomic E-state index is 11.7. The third-order valence-electron chi connectivity index (χ3n) is 2.31. The van der Waals surface area contributed by atoms with E-state index in [-0.39, 0.29) is 17.4 Å². The van der Waals surface area contributed by atoms with E-state index >= 15 is 0 Å². The fraction of sp³-hybridized carbons (Fsp3) is 0.385. The van der Waals surface area contributed by atoms with Gasteiger partial charge in [-0.3, -0.25) is 4.79 Å². The zero-order chi connectivity index (χ0) is 13.7. The lowest BCUT2D eigenvalue weighted by Gasteiger charge is -2.11. The number of ether oxygens (including phenoxy) is 1. The van der Waals surface area contributed by atoms with Crippen LogP contribution in [0.2, 0.25) is 0 Å². The Labute approximate surface area is 106 Å². The van der Waals surface area contributed by atoms with Crippen molar-refractivity contribution in [1.82, 2.24) is 0 Å². The number of carboxylic acid groups (broad SMARTS) is 1. The molecule has 5 nitrogen and oxygen atoms in total. The first-order chi connectivity index (χ1) is 8.43. The first-order valence-corrected chi connectivity index (χ1v) is 5.65. The Balaban J connectivity index is 2.94. The molecule has 0 heterocycles. The number of amides is 1. The number of hydrogen-bond donors (Lipinski definition) is 2. The van der Waals surface area contributed by atoms with Crippen molar-refractivity contribution in [2.75, 3.05) is 12.4 Å². The molecule has 0 aliphatic carbocycles. The fourth-order valence-corrected chi connectivity index (χ4v) is 1.51. The van der Waals surface area contributed by atoms with Crippen molar-refractivity contribution < 1.29 is 19.4 Å². The van der Waals surface area contributed by atoms with Gasteiger partial charge in [0.2, 0.25) is 5.91 Å². The van der Waals surface area contributed by atoms with E-state index in [2.05, 4.69) is 5.32 Å². The molecule has 98 valence electrons. The number of benzene rings is 1. The summed E-state index contributed by atoms with van der Waals surface area (Å²) in [4.78, 5) is 22.5. The summed E-state index contributed by atoms with van der Waals surface area (Å²) < 4.78 is 5.08. The Morgan fingerprint density at radius 3 is 2.56 bits per heavy atom. The van der Waals surface area contributed by atoms with Crippen LogP contribution in [0, 0.1) is 5.92 Å². The smallest absolute Gasteiger partial charge is 0.335 e. The maximum Gasteiger partial charge on any atom is 0.335 e. The van der Waals surface area contributed by atoms with Crippen LogP contribution in [0.5, 0.6) is 5.75 Å². The van der Waals surface area contributed by atoms with Gasteiger partial charge >= 0.3 is 5.97 Å². The molecular formula is C13H17NO4.